The first-order valence-corrected chi connectivity index (χ1v) is 9.04. The molecule has 4 aromatic rings. The second-order valence-electron chi connectivity index (χ2n) is 6.54. The Bertz CT molecular complexity index is 1110. The predicted octanol–water partition coefficient (Wildman–Crippen LogP) is 6.33. The molecule has 4 rings (SSSR count). The van der Waals surface area contributed by atoms with E-state index in [9.17, 15) is 13.2 Å². The van der Waals surface area contributed by atoms with E-state index in [1.165, 1.54) is 28.4 Å². The SMILES string of the molecule is CCn1c2ccccc2c2ccc(NCc3ccc(OC(F)(F)F)cc3)cc21. The van der Waals surface area contributed by atoms with Gasteiger partial charge in [0, 0.05) is 35.1 Å². The Balaban J connectivity index is 1.55. The largest absolute Gasteiger partial charge is 0.573 e. The van der Waals surface area contributed by atoms with Crippen molar-refractivity contribution in [2.75, 3.05) is 5.32 Å². The maximum absolute atomic E-state index is 12.2. The van der Waals surface area contributed by atoms with Gasteiger partial charge in [-0.1, -0.05) is 36.4 Å². The van der Waals surface area contributed by atoms with E-state index in [0.717, 1.165) is 23.3 Å². The van der Waals surface area contributed by atoms with Crippen molar-refractivity contribution >= 4 is 27.5 Å². The number of hydrogen-bond donors (Lipinski definition) is 1. The molecule has 3 nitrogen and oxygen atoms in total. The zero-order chi connectivity index (χ0) is 19.7. The number of rotatable bonds is 5. The average molecular weight is 384 g/mol. The lowest BCUT2D eigenvalue weighted by molar-refractivity contribution is -0.274. The Morgan fingerprint density at radius 2 is 1.61 bits per heavy atom. The molecular formula is C22H19F3N2O. The molecule has 0 fully saturated rings. The molecule has 0 bridgehead atoms. The summed E-state index contributed by atoms with van der Waals surface area (Å²) in [4.78, 5) is 0. The molecule has 144 valence electrons. The van der Waals surface area contributed by atoms with Crippen molar-refractivity contribution < 1.29 is 17.9 Å². The second kappa shape index (κ2) is 7.11. The van der Waals surface area contributed by atoms with Gasteiger partial charge in [0.25, 0.3) is 0 Å². The molecule has 0 saturated carbocycles. The van der Waals surface area contributed by atoms with E-state index >= 15 is 0 Å². The van der Waals surface area contributed by atoms with E-state index in [1.54, 1.807) is 12.1 Å². The second-order valence-corrected chi connectivity index (χ2v) is 6.54. The van der Waals surface area contributed by atoms with Gasteiger partial charge in [0.05, 0.1) is 5.52 Å². The van der Waals surface area contributed by atoms with Crippen molar-refractivity contribution in [3.63, 3.8) is 0 Å². The van der Waals surface area contributed by atoms with Gasteiger partial charge in [-0.05, 0) is 42.8 Å². The topological polar surface area (TPSA) is 26.2 Å². The number of anilines is 1. The molecule has 1 aromatic heterocycles. The van der Waals surface area contributed by atoms with E-state index in [4.69, 9.17) is 0 Å². The predicted molar refractivity (Wildman–Crippen MR) is 106 cm³/mol. The maximum atomic E-state index is 12.2. The number of alkyl halides is 3. The van der Waals surface area contributed by atoms with Crippen molar-refractivity contribution in [2.24, 2.45) is 0 Å². The van der Waals surface area contributed by atoms with Crippen LogP contribution in [0.1, 0.15) is 12.5 Å². The summed E-state index contributed by atoms with van der Waals surface area (Å²) in [6.45, 7) is 3.49. The highest BCUT2D eigenvalue weighted by molar-refractivity contribution is 6.08. The Labute approximate surface area is 160 Å². The van der Waals surface area contributed by atoms with Crippen LogP contribution in [0.3, 0.4) is 0 Å². The van der Waals surface area contributed by atoms with Gasteiger partial charge in [-0.25, -0.2) is 0 Å². The highest BCUT2D eigenvalue weighted by Crippen LogP contribution is 2.31. The van der Waals surface area contributed by atoms with Crippen LogP contribution in [0.4, 0.5) is 18.9 Å². The highest BCUT2D eigenvalue weighted by Gasteiger charge is 2.30. The minimum absolute atomic E-state index is 0.217. The molecule has 0 amide bonds. The van der Waals surface area contributed by atoms with Gasteiger partial charge in [-0.3, -0.25) is 0 Å². The van der Waals surface area contributed by atoms with Crippen molar-refractivity contribution in [1.82, 2.24) is 4.57 Å². The van der Waals surface area contributed by atoms with Crippen LogP contribution in [0.25, 0.3) is 21.8 Å². The Morgan fingerprint density at radius 1 is 0.893 bits per heavy atom. The summed E-state index contributed by atoms with van der Waals surface area (Å²) in [7, 11) is 0. The van der Waals surface area contributed by atoms with E-state index in [0.29, 0.717) is 6.54 Å². The van der Waals surface area contributed by atoms with Crippen LogP contribution in [0, 0.1) is 0 Å². The summed E-state index contributed by atoms with van der Waals surface area (Å²) >= 11 is 0. The summed E-state index contributed by atoms with van der Waals surface area (Å²) in [5, 5.41) is 5.77. The third-order valence-corrected chi connectivity index (χ3v) is 4.74. The number of fused-ring (bicyclic) bond motifs is 3. The summed E-state index contributed by atoms with van der Waals surface area (Å²) < 4.78 is 42.9. The van der Waals surface area contributed by atoms with Gasteiger partial charge in [-0.2, -0.15) is 0 Å². The lowest BCUT2D eigenvalue weighted by atomic mass is 10.1. The standard InChI is InChI=1S/C22H19F3N2O/c1-2-27-20-6-4-3-5-18(20)19-12-9-16(13-21(19)27)26-14-15-7-10-17(11-8-15)28-22(23,24)25/h3-13,26H,2,14H2,1H3. The molecule has 0 aliphatic rings. The van der Waals surface area contributed by atoms with Gasteiger partial charge >= 0.3 is 6.36 Å². The van der Waals surface area contributed by atoms with Crippen molar-refractivity contribution in [3.05, 3.63) is 72.3 Å². The lowest BCUT2D eigenvalue weighted by Gasteiger charge is -2.11. The molecule has 0 radical (unpaired) electrons. The van der Waals surface area contributed by atoms with Crippen molar-refractivity contribution in [2.45, 2.75) is 26.4 Å². The molecular weight excluding hydrogens is 365 g/mol. The third-order valence-electron chi connectivity index (χ3n) is 4.74. The first-order valence-electron chi connectivity index (χ1n) is 9.04. The minimum Gasteiger partial charge on any atom is -0.406 e. The number of para-hydroxylation sites is 1. The summed E-state index contributed by atoms with van der Waals surface area (Å²) in [6.07, 6.45) is -4.67. The van der Waals surface area contributed by atoms with Gasteiger partial charge in [0.2, 0.25) is 0 Å². The molecule has 0 unspecified atom stereocenters. The van der Waals surface area contributed by atoms with E-state index in [-0.39, 0.29) is 5.75 Å². The molecule has 0 aliphatic heterocycles. The van der Waals surface area contributed by atoms with Gasteiger partial charge in [0.1, 0.15) is 5.75 Å². The minimum atomic E-state index is -4.67. The maximum Gasteiger partial charge on any atom is 0.573 e. The molecule has 1 heterocycles. The summed E-state index contributed by atoms with van der Waals surface area (Å²) in [5.41, 5.74) is 4.19. The van der Waals surface area contributed by atoms with Crippen LogP contribution < -0.4 is 10.1 Å². The number of aryl methyl sites for hydroxylation is 1. The molecule has 6 heteroatoms. The molecule has 3 aromatic carbocycles. The fraction of sp³-hybridized carbons (Fsp3) is 0.182. The number of ether oxygens (including phenoxy) is 1. The molecule has 0 spiro atoms. The lowest BCUT2D eigenvalue weighted by Crippen LogP contribution is -2.17. The smallest absolute Gasteiger partial charge is 0.406 e. The van der Waals surface area contributed by atoms with E-state index in [2.05, 4.69) is 45.8 Å². The number of nitrogens with one attached hydrogen (secondary N) is 1. The zero-order valence-electron chi connectivity index (χ0n) is 15.3. The Kier molecular flexibility index (Phi) is 4.63. The van der Waals surface area contributed by atoms with Crippen LogP contribution in [0.5, 0.6) is 5.75 Å². The van der Waals surface area contributed by atoms with Crippen LogP contribution >= 0.6 is 0 Å². The number of hydrogen-bond acceptors (Lipinski definition) is 2. The monoisotopic (exact) mass is 384 g/mol. The molecule has 1 N–H and O–H groups in total. The Morgan fingerprint density at radius 3 is 2.32 bits per heavy atom. The summed E-state index contributed by atoms with van der Waals surface area (Å²) in [6, 6.07) is 20.5. The Hall–Kier alpha value is -3.15. The fourth-order valence-corrected chi connectivity index (χ4v) is 3.51. The van der Waals surface area contributed by atoms with E-state index in [1.807, 2.05) is 18.2 Å². The number of aromatic nitrogens is 1. The highest BCUT2D eigenvalue weighted by atomic mass is 19.4. The third kappa shape index (κ3) is 3.63. The normalized spacial score (nSPS) is 11.9. The van der Waals surface area contributed by atoms with Crippen molar-refractivity contribution in [3.8, 4) is 5.75 Å². The number of benzene rings is 3. The van der Waals surface area contributed by atoms with Crippen LogP contribution in [-0.4, -0.2) is 10.9 Å². The number of halogens is 3. The average Bonchev–Trinajstić information content (AvgIpc) is 2.99. The first-order chi connectivity index (χ1) is 13.4. The van der Waals surface area contributed by atoms with Gasteiger partial charge in [0.15, 0.2) is 0 Å². The molecule has 0 atom stereocenters. The van der Waals surface area contributed by atoms with Gasteiger partial charge in [-0.15, -0.1) is 13.2 Å². The zero-order valence-corrected chi connectivity index (χ0v) is 15.3. The molecule has 28 heavy (non-hydrogen) atoms. The number of nitrogens with zero attached hydrogens (tertiary/aromatic N) is 1. The summed E-state index contributed by atoms with van der Waals surface area (Å²) in [5.74, 6) is -0.217. The van der Waals surface area contributed by atoms with Crippen LogP contribution in [-0.2, 0) is 13.1 Å². The fourth-order valence-electron chi connectivity index (χ4n) is 3.51. The van der Waals surface area contributed by atoms with Crippen LogP contribution in [0.15, 0.2) is 66.7 Å². The first kappa shape index (κ1) is 18.2. The molecule has 0 saturated heterocycles. The van der Waals surface area contributed by atoms with E-state index < -0.39 is 6.36 Å². The molecule has 0 aliphatic carbocycles. The van der Waals surface area contributed by atoms with Crippen LogP contribution in [0.2, 0.25) is 0 Å². The van der Waals surface area contributed by atoms with Crippen molar-refractivity contribution in [1.29, 1.82) is 0 Å². The van der Waals surface area contributed by atoms with Gasteiger partial charge < -0.3 is 14.6 Å². The quantitative estimate of drug-likeness (QED) is 0.435.